The van der Waals surface area contributed by atoms with Gasteiger partial charge in [-0.3, -0.25) is 4.98 Å². The average Bonchev–Trinajstić information content (AvgIpc) is 2.38. The number of oxime groups is 1. The van der Waals surface area contributed by atoms with E-state index < -0.39 is 0 Å². The van der Waals surface area contributed by atoms with Crippen molar-refractivity contribution in [2.75, 3.05) is 11.4 Å². The van der Waals surface area contributed by atoms with Crippen LogP contribution in [-0.4, -0.2) is 28.6 Å². The maximum atomic E-state index is 8.69. The molecule has 0 radical (unpaired) electrons. The number of piperidine rings is 1. The molecule has 18 heavy (non-hydrogen) atoms. The SMILES string of the molecule is CC1CCN(c2ccnc(C(N)=NO)c2)C(C)C1. The number of aromatic nitrogens is 1. The summed E-state index contributed by atoms with van der Waals surface area (Å²) in [5.41, 5.74) is 7.17. The van der Waals surface area contributed by atoms with Gasteiger partial charge in [-0.15, -0.1) is 0 Å². The Morgan fingerprint density at radius 2 is 2.33 bits per heavy atom. The van der Waals surface area contributed by atoms with Crippen LogP contribution in [0.4, 0.5) is 5.69 Å². The molecule has 1 aromatic heterocycles. The number of anilines is 1. The Morgan fingerprint density at radius 1 is 1.56 bits per heavy atom. The molecule has 1 aliphatic rings. The Kier molecular flexibility index (Phi) is 3.69. The van der Waals surface area contributed by atoms with E-state index in [-0.39, 0.29) is 5.84 Å². The third kappa shape index (κ3) is 2.55. The van der Waals surface area contributed by atoms with E-state index >= 15 is 0 Å². The van der Waals surface area contributed by atoms with Crippen LogP contribution in [0.3, 0.4) is 0 Å². The minimum Gasteiger partial charge on any atom is -0.409 e. The molecule has 0 spiro atoms. The lowest BCUT2D eigenvalue weighted by Gasteiger charge is -2.38. The lowest BCUT2D eigenvalue weighted by atomic mass is 9.93. The molecule has 2 heterocycles. The molecule has 0 aliphatic carbocycles. The second-order valence-corrected chi connectivity index (χ2v) is 5.06. The molecule has 0 bridgehead atoms. The normalized spacial score (nSPS) is 25.2. The first kappa shape index (κ1) is 12.7. The average molecular weight is 248 g/mol. The summed E-state index contributed by atoms with van der Waals surface area (Å²) in [6.45, 7) is 5.57. The minimum absolute atomic E-state index is 0.0508. The summed E-state index contributed by atoms with van der Waals surface area (Å²) in [4.78, 5) is 6.46. The Bertz CT molecular complexity index is 446. The van der Waals surface area contributed by atoms with Crippen LogP contribution in [0.1, 0.15) is 32.4 Å². The van der Waals surface area contributed by atoms with E-state index in [1.54, 1.807) is 6.20 Å². The molecule has 0 amide bonds. The summed E-state index contributed by atoms with van der Waals surface area (Å²) >= 11 is 0. The molecule has 2 rings (SSSR count). The van der Waals surface area contributed by atoms with Crippen molar-refractivity contribution in [3.05, 3.63) is 24.0 Å². The predicted molar refractivity (Wildman–Crippen MR) is 72.0 cm³/mol. The number of hydrogen-bond acceptors (Lipinski definition) is 4. The van der Waals surface area contributed by atoms with Crippen molar-refractivity contribution < 1.29 is 5.21 Å². The highest BCUT2D eigenvalue weighted by atomic mass is 16.4. The fourth-order valence-electron chi connectivity index (χ4n) is 2.58. The molecule has 0 aromatic carbocycles. The van der Waals surface area contributed by atoms with Crippen LogP contribution in [0, 0.1) is 5.92 Å². The lowest BCUT2D eigenvalue weighted by molar-refractivity contribution is 0.318. The first-order chi connectivity index (χ1) is 8.61. The van der Waals surface area contributed by atoms with Gasteiger partial charge in [-0.1, -0.05) is 12.1 Å². The van der Waals surface area contributed by atoms with E-state index in [2.05, 4.69) is 28.9 Å². The van der Waals surface area contributed by atoms with Gasteiger partial charge in [0.2, 0.25) is 0 Å². The quantitative estimate of drug-likeness (QED) is 0.362. The van der Waals surface area contributed by atoms with Crippen molar-refractivity contribution in [3.8, 4) is 0 Å². The fourth-order valence-corrected chi connectivity index (χ4v) is 2.58. The highest BCUT2D eigenvalue weighted by molar-refractivity contribution is 5.95. The number of rotatable bonds is 2. The van der Waals surface area contributed by atoms with Gasteiger partial charge in [-0.25, -0.2) is 0 Å². The van der Waals surface area contributed by atoms with E-state index in [1.807, 2.05) is 12.1 Å². The van der Waals surface area contributed by atoms with E-state index in [1.165, 1.54) is 12.8 Å². The number of hydrogen-bond donors (Lipinski definition) is 2. The van der Waals surface area contributed by atoms with E-state index in [4.69, 9.17) is 10.9 Å². The minimum atomic E-state index is 0.0508. The summed E-state index contributed by atoms with van der Waals surface area (Å²) in [5.74, 6) is 0.830. The maximum Gasteiger partial charge on any atom is 0.188 e. The Morgan fingerprint density at radius 3 is 3.00 bits per heavy atom. The van der Waals surface area contributed by atoms with Gasteiger partial charge in [-0.2, -0.15) is 0 Å². The van der Waals surface area contributed by atoms with E-state index in [0.717, 1.165) is 18.2 Å². The van der Waals surface area contributed by atoms with Crippen LogP contribution in [0.15, 0.2) is 23.5 Å². The van der Waals surface area contributed by atoms with Crippen molar-refractivity contribution in [1.82, 2.24) is 4.98 Å². The van der Waals surface area contributed by atoms with Crippen molar-refractivity contribution >= 4 is 11.5 Å². The zero-order valence-electron chi connectivity index (χ0n) is 10.9. The number of pyridine rings is 1. The van der Waals surface area contributed by atoms with Crippen LogP contribution >= 0.6 is 0 Å². The van der Waals surface area contributed by atoms with Crippen LogP contribution in [0.25, 0.3) is 0 Å². The summed E-state index contributed by atoms with van der Waals surface area (Å²) in [6, 6.07) is 4.36. The molecular weight excluding hydrogens is 228 g/mol. The third-order valence-electron chi connectivity index (χ3n) is 3.58. The number of nitrogens with two attached hydrogens (primary N) is 1. The first-order valence-electron chi connectivity index (χ1n) is 6.32. The standard InChI is InChI=1S/C13H20N4O/c1-9-4-6-17(10(2)7-9)11-3-5-15-12(8-11)13(14)16-18/h3,5,8-10,18H,4,6-7H2,1-2H3,(H2,14,16). The van der Waals surface area contributed by atoms with Crippen LogP contribution in [0.2, 0.25) is 0 Å². The molecule has 1 aromatic rings. The van der Waals surface area contributed by atoms with Crippen molar-refractivity contribution in [2.24, 2.45) is 16.8 Å². The highest BCUT2D eigenvalue weighted by Gasteiger charge is 2.23. The zero-order valence-corrected chi connectivity index (χ0v) is 10.9. The highest BCUT2D eigenvalue weighted by Crippen LogP contribution is 2.27. The van der Waals surface area contributed by atoms with E-state index in [9.17, 15) is 0 Å². The molecule has 98 valence electrons. The topological polar surface area (TPSA) is 74.7 Å². The van der Waals surface area contributed by atoms with Crippen LogP contribution < -0.4 is 10.6 Å². The molecule has 3 N–H and O–H groups in total. The smallest absolute Gasteiger partial charge is 0.188 e. The van der Waals surface area contributed by atoms with Gasteiger partial charge in [-0.05, 0) is 37.8 Å². The maximum absolute atomic E-state index is 8.69. The molecule has 1 saturated heterocycles. The van der Waals surface area contributed by atoms with Gasteiger partial charge in [0.15, 0.2) is 5.84 Å². The lowest BCUT2D eigenvalue weighted by Crippen LogP contribution is -2.40. The fraction of sp³-hybridized carbons (Fsp3) is 0.538. The second kappa shape index (κ2) is 5.25. The molecule has 5 nitrogen and oxygen atoms in total. The third-order valence-corrected chi connectivity index (χ3v) is 3.58. The van der Waals surface area contributed by atoms with Crippen molar-refractivity contribution in [3.63, 3.8) is 0 Å². The predicted octanol–water partition coefficient (Wildman–Crippen LogP) is 1.80. The summed E-state index contributed by atoms with van der Waals surface area (Å²) in [6.07, 6.45) is 4.10. The summed E-state index contributed by atoms with van der Waals surface area (Å²) in [5, 5.41) is 11.7. The second-order valence-electron chi connectivity index (χ2n) is 5.06. The number of amidine groups is 1. The van der Waals surface area contributed by atoms with Crippen LogP contribution in [-0.2, 0) is 0 Å². The van der Waals surface area contributed by atoms with Gasteiger partial charge in [0.05, 0.1) is 0 Å². The van der Waals surface area contributed by atoms with E-state index in [0.29, 0.717) is 11.7 Å². The monoisotopic (exact) mass is 248 g/mol. The molecular formula is C13H20N4O. The van der Waals surface area contributed by atoms with Gasteiger partial charge < -0.3 is 15.8 Å². The number of nitrogens with zero attached hydrogens (tertiary/aromatic N) is 3. The van der Waals surface area contributed by atoms with Crippen LogP contribution in [0.5, 0.6) is 0 Å². The van der Waals surface area contributed by atoms with Crippen molar-refractivity contribution in [1.29, 1.82) is 0 Å². The largest absolute Gasteiger partial charge is 0.409 e. The molecule has 0 saturated carbocycles. The molecule has 1 aliphatic heterocycles. The van der Waals surface area contributed by atoms with Gasteiger partial charge >= 0.3 is 0 Å². The first-order valence-corrected chi connectivity index (χ1v) is 6.32. The summed E-state index contributed by atoms with van der Waals surface area (Å²) in [7, 11) is 0. The Balaban J connectivity index is 2.23. The molecule has 1 fully saturated rings. The molecule has 2 atom stereocenters. The van der Waals surface area contributed by atoms with Gasteiger partial charge in [0, 0.05) is 24.5 Å². The Labute approximate surface area is 107 Å². The van der Waals surface area contributed by atoms with Crippen molar-refractivity contribution in [2.45, 2.75) is 32.7 Å². The zero-order chi connectivity index (χ0) is 13.1. The van der Waals surface area contributed by atoms with Gasteiger partial charge in [0.1, 0.15) is 5.69 Å². The molecule has 2 unspecified atom stereocenters. The molecule has 5 heteroatoms. The Hall–Kier alpha value is -1.78. The van der Waals surface area contributed by atoms with Gasteiger partial charge in [0.25, 0.3) is 0 Å². The summed E-state index contributed by atoms with van der Waals surface area (Å²) < 4.78 is 0.